The Labute approximate surface area is 231 Å². The number of nitrogens with zero attached hydrogens (tertiary/aromatic N) is 2. The highest BCUT2D eigenvalue weighted by molar-refractivity contribution is 5.75. The Bertz CT molecular complexity index is 1080. The average Bonchev–Trinajstić information content (AvgIpc) is 2.88. The number of rotatable bonds is 9. The van der Waals surface area contributed by atoms with Gasteiger partial charge in [-0.2, -0.15) is 0 Å². The van der Waals surface area contributed by atoms with E-state index in [-0.39, 0.29) is 25.0 Å². The molecule has 2 N–H and O–H groups in total. The fraction of sp³-hybridized carbons (Fsp3) is 0.533. The number of halogens is 1. The highest BCUT2D eigenvalue weighted by Gasteiger charge is 2.38. The molecule has 0 aliphatic carbocycles. The molecule has 8 nitrogen and oxygen atoms in total. The molecule has 0 spiro atoms. The Kier molecular flexibility index (Phi) is 10.2. The van der Waals surface area contributed by atoms with Crippen LogP contribution in [0, 0.1) is 11.7 Å². The molecule has 3 rings (SSSR count). The second-order valence-electron chi connectivity index (χ2n) is 11.7. The van der Waals surface area contributed by atoms with Gasteiger partial charge in [0.25, 0.3) is 0 Å². The number of aliphatic hydroxyl groups is 1. The van der Waals surface area contributed by atoms with E-state index in [1.54, 1.807) is 21.9 Å². The molecule has 1 fully saturated rings. The molecule has 0 bridgehead atoms. The molecule has 214 valence electrons. The third-order valence-corrected chi connectivity index (χ3v) is 6.50. The van der Waals surface area contributed by atoms with Gasteiger partial charge < -0.3 is 29.7 Å². The molecule has 2 aromatic rings. The first-order valence-corrected chi connectivity index (χ1v) is 13.5. The standard InChI is InChI=1S/C30H42FN3O5/c1-22(2)20-38-26-12-8-24(9-13-26)19-34(18-23-6-10-25(31)11-7-23)27(36)32-30(21-35)14-16-33(17-15-30)28(37)39-29(3,4)5/h6-13,22,35H,14-21H2,1-5H3,(H,32,36). The molecule has 0 unspecified atom stereocenters. The van der Waals surface area contributed by atoms with Crippen molar-refractivity contribution in [3.63, 3.8) is 0 Å². The summed E-state index contributed by atoms with van der Waals surface area (Å²) in [5.74, 6) is 0.829. The van der Waals surface area contributed by atoms with E-state index in [4.69, 9.17) is 9.47 Å². The van der Waals surface area contributed by atoms with E-state index in [2.05, 4.69) is 19.2 Å². The normalized spacial score (nSPS) is 15.1. The Morgan fingerprint density at radius 2 is 1.56 bits per heavy atom. The summed E-state index contributed by atoms with van der Waals surface area (Å²) >= 11 is 0. The minimum absolute atomic E-state index is 0.253. The summed E-state index contributed by atoms with van der Waals surface area (Å²) in [5, 5.41) is 13.3. The summed E-state index contributed by atoms with van der Waals surface area (Å²) < 4.78 is 24.7. The molecule has 0 radical (unpaired) electrons. The number of amides is 3. The van der Waals surface area contributed by atoms with Crippen molar-refractivity contribution in [2.75, 3.05) is 26.3 Å². The van der Waals surface area contributed by atoms with Crippen LogP contribution in [0.3, 0.4) is 0 Å². The number of nitrogens with one attached hydrogen (secondary N) is 1. The summed E-state index contributed by atoms with van der Waals surface area (Å²) in [4.78, 5) is 29.3. The second kappa shape index (κ2) is 13.2. The maximum atomic E-state index is 13.6. The fourth-order valence-electron chi connectivity index (χ4n) is 4.26. The molecule has 1 aliphatic rings. The van der Waals surface area contributed by atoms with Crippen molar-refractivity contribution in [2.45, 2.75) is 71.7 Å². The van der Waals surface area contributed by atoms with E-state index in [1.807, 2.05) is 45.0 Å². The topological polar surface area (TPSA) is 91.3 Å². The van der Waals surface area contributed by atoms with Gasteiger partial charge in [-0.25, -0.2) is 14.0 Å². The molecular formula is C30H42FN3O5. The Hall–Kier alpha value is -3.33. The SMILES string of the molecule is CC(C)COc1ccc(CN(Cc2ccc(F)cc2)C(=O)NC2(CO)CCN(C(=O)OC(C)(C)C)CC2)cc1. The average molecular weight is 544 g/mol. The number of hydrogen-bond donors (Lipinski definition) is 2. The van der Waals surface area contributed by atoms with Crippen LogP contribution in [0.1, 0.15) is 58.6 Å². The van der Waals surface area contributed by atoms with Crippen LogP contribution in [0.15, 0.2) is 48.5 Å². The highest BCUT2D eigenvalue weighted by Crippen LogP contribution is 2.25. The van der Waals surface area contributed by atoms with Gasteiger partial charge in [0.05, 0.1) is 18.8 Å². The number of benzene rings is 2. The lowest BCUT2D eigenvalue weighted by Gasteiger charge is -2.42. The molecule has 0 atom stereocenters. The third kappa shape index (κ3) is 9.42. The van der Waals surface area contributed by atoms with Gasteiger partial charge in [-0.3, -0.25) is 0 Å². The van der Waals surface area contributed by atoms with Crippen LogP contribution in [-0.4, -0.2) is 64.5 Å². The first kappa shape index (κ1) is 30.2. The van der Waals surface area contributed by atoms with Crippen molar-refractivity contribution in [1.82, 2.24) is 15.1 Å². The summed E-state index contributed by atoms with van der Waals surface area (Å²) in [6, 6.07) is 13.3. The van der Waals surface area contributed by atoms with Crippen molar-refractivity contribution >= 4 is 12.1 Å². The predicted molar refractivity (Wildman–Crippen MR) is 148 cm³/mol. The molecule has 39 heavy (non-hydrogen) atoms. The van der Waals surface area contributed by atoms with Crippen molar-refractivity contribution in [3.8, 4) is 5.75 Å². The zero-order valence-corrected chi connectivity index (χ0v) is 23.7. The maximum Gasteiger partial charge on any atom is 0.410 e. The molecule has 0 saturated carbocycles. The van der Waals surface area contributed by atoms with Crippen LogP contribution in [0.25, 0.3) is 0 Å². The van der Waals surface area contributed by atoms with Crippen LogP contribution in [-0.2, 0) is 17.8 Å². The monoisotopic (exact) mass is 543 g/mol. The zero-order valence-electron chi connectivity index (χ0n) is 23.7. The van der Waals surface area contributed by atoms with E-state index < -0.39 is 17.2 Å². The lowest BCUT2D eigenvalue weighted by atomic mass is 9.88. The predicted octanol–water partition coefficient (Wildman–Crippen LogP) is 5.33. The summed E-state index contributed by atoms with van der Waals surface area (Å²) in [6.45, 7) is 11.2. The van der Waals surface area contributed by atoms with Crippen molar-refractivity contribution in [1.29, 1.82) is 0 Å². The first-order chi connectivity index (χ1) is 18.4. The van der Waals surface area contributed by atoms with Gasteiger partial charge in [0.2, 0.25) is 0 Å². The molecule has 2 aromatic carbocycles. The quantitative estimate of drug-likeness (QED) is 0.446. The van der Waals surface area contributed by atoms with Crippen LogP contribution < -0.4 is 10.1 Å². The van der Waals surface area contributed by atoms with Gasteiger partial charge in [-0.05, 0) is 74.9 Å². The van der Waals surface area contributed by atoms with Crippen molar-refractivity contribution in [3.05, 3.63) is 65.5 Å². The molecule has 1 heterocycles. The maximum absolute atomic E-state index is 13.6. The van der Waals surface area contributed by atoms with E-state index in [0.29, 0.717) is 45.0 Å². The van der Waals surface area contributed by atoms with Gasteiger partial charge in [-0.1, -0.05) is 38.1 Å². The van der Waals surface area contributed by atoms with Gasteiger partial charge in [0.15, 0.2) is 0 Å². The minimum atomic E-state index is -0.870. The first-order valence-electron chi connectivity index (χ1n) is 13.5. The van der Waals surface area contributed by atoms with Crippen molar-refractivity contribution < 1.29 is 28.6 Å². The van der Waals surface area contributed by atoms with Gasteiger partial charge >= 0.3 is 12.1 Å². The second-order valence-corrected chi connectivity index (χ2v) is 11.7. The van der Waals surface area contributed by atoms with E-state index in [9.17, 15) is 19.1 Å². The van der Waals surface area contributed by atoms with Gasteiger partial charge in [0.1, 0.15) is 17.2 Å². The van der Waals surface area contributed by atoms with Gasteiger partial charge in [0, 0.05) is 26.2 Å². The van der Waals surface area contributed by atoms with Crippen molar-refractivity contribution in [2.24, 2.45) is 5.92 Å². The van der Waals surface area contributed by atoms with Gasteiger partial charge in [-0.15, -0.1) is 0 Å². The Morgan fingerprint density at radius 3 is 2.05 bits per heavy atom. The molecule has 3 amide bonds. The number of urea groups is 1. The zero-order chi connectivity index (χ0) is 28.6. The van der Waals surface area contributed by atoms with E-state index >= 15 is 0 Å². The van der Waals surface area contributed by atoms with E-state index in [1.165, 1.54) is 12.1 Å². The number of piperidine rings is 1. The number of ether oxygens (including phenoxy) is 2. The lowest BCUT2D eigenvalue weighted by Crippen LogP contribution is -2.60. The third-order valence-electron chi connectivity index (χ3n) is 6.50. The Morgan fingerprint density at radius 1 is 1.03 bits per heavy atom. The number of aliphatic hydroxyl groups excluding tert-OH is 1. The molecule has 9 heteroatoms. The summed E-state index contributed by atoms with van der Waals surface area (Å²) in [6.07, 6.45) is 0.376. The number of carbonyl (C=O) groups excluding carboxylic acids is 2. The van der Waals surface area contributed by atoms with Crippen LogP contribution in [0.4, 0.5) is 14.0 Å². The lowest BCUT2D eigenvalue weighted by molar-refractivity contribution is 0.0100. The smallest absolute Gasteiger partial charge is 0.410 e. The largest absolute Gasteiger partial charge is 0.493 e. The van der Waals surface area contributed by atoms with Crippen LogP contribution in [0.5, 0.6) is 5.75 Å². The fourth-order valence-corrected chi connectivity index (χ4v) is 4.26. The molecule has 1 saturated heterocycles. The van der Waals surface area contributed by atoms with E-state index in [0.717, 1.165) is 16.9 Å². The summed E-state index contributed by atoms with van der Waals surface area (Å²) in [7, 11) is 0. The Balaban J connectivity index is 1.71. The molecule has 0 aromatic heterocycles. The number of likely N-dealkylation sites (tertiary alicyclic amines) is 1. The molecular weight excluding hydrogens is 501 g/mol. The number of carbonyl (C=O) groups is 2. The highest BCUT2D eigenvalue weighted by atomic mass is 19.1. The van der Waals surface area contributed by atoms with Crippen LogP contribution >= 0.6 is 0 Å². The number of hydrogen-bond acceptors (Lipinski definition) is 5. The molecule has 1 aliphatic heterocycles. The van der Waals surface area contributed by atoms with Crippen LogP contribution in [0.2, 0.25) is 0 Å². The minimum Gasteiger partial charge on any atom is -0.493 e. The summed E-state index contributed by atoms with van der Waals surface area (Å²) in [5.41, 5.74) is 0.213.